The molecule has 2 aromatic carbocycles. The van der Waals surface area contributed by atoms with Gasteiger partial charge in [0.25, 0.3) is 4.92 Å². The molecule has 1 fully saturated rings. The highest BCUT2D eigenvalue weighted by molar-refractivity contribution is 7.89. The van der Waals surface area contributed by atoms with Crippen molar-refractivity contribution in [3.63, 3.8) is 0 Å². The van der Waals surface area contributed by atoms with Gasteiger partial charge in [-0.2, -0.15) is 0 Å². The van der Waals surface area contributed by atoms with Crippen molar-refractivity contribution in [2.45, 2.75) is 38.0 Å². The Morgan fingerprint density at radius 1 is 1.23 bits per heavy atom. The Labute approximate surface area is 256 Å². The molecule has 1 aliphatic rings. The quantitative estimate of drug-likeness (QED) is 0.100. The van der Waals surface area contributed by atoms with E-state index in [0.29, 0.717) is 34.8 Å². The molecule has 3 aromatic rings. The molecule has 1 unspecified atom stereocenters. The van der Waals surface area contributed by atoms with Gasteiger partial charge >= 0.3 is 5.69 Å². The number of halogens is 1. The van der Waals surface area contributed by atoms with Crippen LogP contribution >= 0.6 is 0 Å². The number of nitrogens with one attached hydrogen (secondary N) is 1. The minimum Gasteiger partial charge on any atom is -0.493 e. The van der Waals surface area contributed by atoms with Crippen molar-refractivity contribution >= 4 is 26.6 Å². The second-order valence-corrected chi connectivity index (χ2v) is 12.2. The maximum absolute atomic E-state index is 15.1. The standard InChI is InChI=1S/C31H38FN4O7S/c1-4-27(24(32)12-15-34-44(39,40)31-11-6-5-10-26(31)36(37)38)43-28-13-14-33-25-20-30(29(41-3)19-23(25)28)42-18-8-17-35-16-7-9-22(2)21-35/h4-6,10-14,19-20,22,34H,7-9,15-18,21H2,1-3H3,(H,37,38)/q+1/b24-12+,27-4+. The summed E-state index contributed by atoms with van der Waals surface area (Å²) in [6.07, 6.45) is 7.32. The number of aromatic nitrogens is 1. The van der Waals surface area contributed by atoms with E-state index < -0.39 is 37.9 Å². The Kier molecular flexibility index (Phi) is 11.3. The van der Waals surface area contributed by atoms with Crippen LogP contribution in [0, 0.1) is 10.8 Å². The fourth-order valence-corrected chi connectivity index (χ4v) is 6.21. The first-order valence-corrected chi connectivity index (χ1v) is 15.9. The minimum absolute atomic E-state index is 0.149. The molecule has 2 N–H and O–H groups in total. The lowest BCUT2D eigenvalue weighted by Gasteiger charge is -2.30. The molecule has 44 heavy (non-hydrogen) atoms. The number of methoxy groups -OCH3 is 1. The monoisotopic (exact) mass is 629 g/mol. The lowest BCUT2D eigenvalue weighted by atomic mass is 10.0. The molecule has 1 saturated heterocycles. The molecule has 1 aliphatic heterocycles. The van der Waals surface area contributed by atoms with Gasteiger partial charge < -0.3 is 19.1 Å². The highest BCUT2D eigenvalue weighted by Crippen LogP contribution is 2.36. The number of sulfonamides is 1. The summed E-state index contributed by atoms with van der Waals surface area (Å²) in [4.78, 5) is 17.2. The van der Waals surface area contributed by atoms with Gasteiger partial charge in [0, 0.05) is 43.4 Å². The summed E-state index contributed by atoms with van der Waals surface area (Å²) in [5, 5.41) is 9.78. The van der Waals surface area contributed by atoms with Crippen LogP contribution in [-0.4, -0.2) is 68.3 Å². The van der Waals surface area contributed by atoms with Gasteiger partial charge in [-0.25, -0.2) is 22.7 Å². The van der Waals surface area contributed by atoms with E-state index in [2.05, 4.69) is 21.5 Å². The van der Waals surface area contributed by atoms with Crippen molar-refractivity contribution < 1.29 is 37.1 Å². The van der Waals surface area contributed by atoms with Crippen molar-refractivity contribution in [1.29, 1.82) is 0 Å². The smallest absolute Gasteiger partial charge is 0.336 e. The number of benzene rings is 2. The van der Waals surface area contributed by atoms with Crippen LogP contribution in [0.1, 0.15) is 33.1 Å². The first-order chi connectivity index (χ1) is 21.1. The number of ether oxygens (including phenoxy) is 3. The largest absolute Gasteiger partial charge is 0.493 e. The molecule has 11 nitrogen and oxygen atoms in total. The molecule has 0 spiro atoms. The number of nitrogens with zero attached hydrogens (tertiary/aromatic N) is 3. The third-order valence-corrected chi connectivity index (χ3v) is 8.71. The zero-order chi connectivity index (χ0) is 31.7. The van der Waals surface area contributed by atoms with Gasteiger partial charge in [0.05, 0.1) is 24.1 Å². The molecule has 0 bridgehead atoms. The first-order valence-electron chi connectivity index (χ1n) is 14.4. The zero-order valence-corrected chi connectivity index (χ0v) is 25.8. The molecule has 0 amide bonds. The molecular weight excluding hydrogens is 591 g/mol. The zero-order valence-electron chi connectivity index (χ0n) is 25.0. The topological polar surface area (TPSA) is 130 Å². The predicted molar refractivity (Wildman–Crippen MR) is 164 cm³/mol. The number of pyridine rings is 1. The number of para-hydroxylation sites is 1. The molecule has 13 heteroatoms. The van der Waals surface area contributed by atoms with E-state index in [1.165, 1.54) is 44.4 Å². The Bertz CT molecular complexity index is 1650. The van der Waals surface area contributed by atoms with Crippen LogP contribution < -0.4 is 18.9 Å². The second-order valence-electron chi connectivity index (χ2n) is 10.5. The van der Waals surface area contributed by atoms with E-state index in [4.69, 9.17) is 14.2 Å². The summed E-state index contributed by atoms with van der Waals surface area (Å²) in [6, 6.07) is 10.1. The fraction of sp³-hybridized carbons (Fsp3) is 0.387. The van der Waals surface area contributed by atoms with Crippen LogP contribution in [0.4, 0.5) is 10.1 Å². The van der Waals surface area contributed by atoms with Crippen molar-refractivity contribution in [1.82, 2.24) is 14.6 Å². The second kappa shape index (κ2) is 15.1. The van der Waals surface area contributed by atoms with Gasteiger partial charge in [-0.3, -0.25) is 4.98 Å². The van der Waals surface area contributed by atoms with Gasteiger partial charge in [-0.15, -0.1) is 0 Å². The number of hydrogen-bond acceptors (Lipinski definition) is 8. The van der Waals surface area contributed by atoms with E-state index in [9.17, 15) is 18.5 Å². The molecule has 0 aliphatic carbocycles. The Morgan fingerprint density at radius 3 is 2.75 bits per heavy atom. The van der Waals surface area contributed by atoms with Gasteiger partial charge in [0.2, 0.25) is 10.0 Å². The molecule has 0 radical (unpaired) electrons. The third-order valence-electron chi connectivity index (χ3n) is 7.24. The number of fused-ring (bicyclic) bond motifs is 1. The van der Waals surface area contributed by atoms with E-state index in [1.807, 2.05) is 0 Å². The first kappa shape index (κ1) is 32.8. The van der Waals surface area contributed by atoms with Gasteiger partial charge in [-0.05, 0) is 69.0 Å². The maximum atomic E-state index is 15.1. The normalized spacial score (nSPS) is 16.6. The summed E-state index contributed by atoms with van der Waals surface area (Å²) >= 11 is 0. The van der Waals surface area contributed by atoms with Gasteiger partial charge in [0.1, 0.15) is 5.75 Å². The average molecular weight is 630 g/mol. The van der Waals surface area contributed by atoms with Crippen LogP contribution in [0.25, 0.3) is 10.9 Å². The average Bonchev–Trinajstić information content (AvgIpc) is 3.01. The molecule has 0 saturated carbocycles. The van der Waals surface area contributed by atoms with E-state index in [1.54, 1.807) is 25.1 Å². The number of allylic oxidation sites excluding steroid dienone is 2. The van der Waals surface area contributed by atoms with Crippen LogP contribution in [0.2, 0.25) is 0 Å². The van der Waals surface area contributed by atoms with Crippen molar-refractivity contribution in [2.75, 3.05) is 39.9 Å². The highest BCUT2D eigenvalue weighted by atomic mass is 32.2. The molecule has 2 heterocycles. The number of hydrogen-bond donors (Lipinski definition) is 2. The van der Waals surface area contributed by atoms with Crippen LogP contribution in [0.5, 0.6) is 17.2 Å². The van der Waals surface area contributed by atoms with E-state index in [0.717, 1.165) is 50.2 Å². The van der Waals surface area contributed by atoms with Gasteiger partial charge in [0.15, 0.2) is 28.0 Å². The summed E-state index contributed by atoms with van der Waals surface area (Å²) in [5.74, 6) is 1.09. The third kappa shape index (κ3) is 8.30. The van der Waals surface area contributed by atoms with E-state index in [-0.39, 0.29) is 5.76 Å². The molecule has 4 rings (SSSR count). The fourth-order valence-electron chi connectivity index (χ4n) is 5.08. The van der Waals surface area contributed by atoms with Crippen molar-refractivity contribution in [3.05, 3.63) is 77.3 Å². The SMILES string of the molecule is C/C=C(Oc1ccnc2cc(OCCCN3CCCC(C)C3)c(OC)cc12)\C(F)=C/CNS(=O)(=O)c1ccccc1[N+](=O)O. The van der Waals surface area contributed by atoms with Gasteiger partial charge in [-0.1, -0.05) is 19.1 Å². The van der Waals surface area contributed by atoms with Crippen molar-refractivity contribution in [2.24, 2.45) is 5.92 Å². The Hall–Kier alpha value is -4.07. The predicted octanol–water partition coefficient (Wildman–Crippen LogP) is 5.66. The van der Waals surface area contributed by atoms with Crippen LogP contribution in [-0.2, 0) is 10.0 Å². The highest BCUT2D eigenvalue weighted by Gasteiger charge is 2.27. The maximum Gasteiger partial charge on any atom is 0.336 e. The number of piperidine rings is 1. The summed E-state index contributed by atoms with van der Waals surface area (Å²) < 4.78 is 60.2. The summed E-state index contributed by atoms with van der Waals surface area (Å²) in [5.41, 5.74) is 0.0910. The van der Waals surface area contributed by atoms with Crippen LogP contribution in [0.3, 0.4) is 0 Å². The number of rotatable bonds is 14. The summed E-state index contributed by atoms with van der Waals surface area (Å²) in [7, 11) is -2.70. The molecule has 236 valence electrons. The lowest BCUT2D eigenvalue weighted by Crippen LogP contribution is -2.35. The number of likely N-dealkylation sites (tertiary alicyclic amines) is 1. The van der Waals surface area contributed by atoms with Crippen LogP contribution in [0.15, 0.2) is 77.3 Å². The Morgan fingerprint density at radius 2 is 2.02 bits per heavy atom. The lowest BCUT2D eigenvalue weighted by molar-refractivity contribution is -0.731. The molecule has 1 aromatic heterocycles. The molecular formula is C31H38FN4O7S+. The summed E-state index contributed by atoms with van der Waals surface area (Å²) in [6.45, 7) is 7.14. The van der Waals surface area contributed by atoms with Crippen molar-refractivity contribution in [3.8, 4) is 17.2 Å². The minimum atomic E-state index is -4.24. The Balaban J connectivity index is 1.43. The molecule has 1 atom stereocenters. The van der Waals surface area contributed by atoms with E-state index >= 15 is 4.39 Å².